The van der Waals surface area contributed by atoms with Crippen molar-refractivity contribution in [3.8, 4) is 5.75 Å². The van der Waals surface area contributed by atoms with Gasteiger partial charge in [-0.05, 0) is 74.0 Å². The van der Waals surface area contributed by atoms with Gasteiger partial charge in [0, 0.05) is 38.5 Å². The summed E-state index contributed by atoms with van der Waals surface area (Å²) in [6.45, 7) is 13.1. The summed E-state index contributed by atoms with van der Waals surface area (Å²) >= 11 is 0. The van der Waals surface area contributed by atoms with Crippen LogP contribution in [0.4, 0.5) is 13.2 Å². The summed E-state index contributed by atoms with van der Waals surface area (Å²) in [4.78, 5) is 102. The molecule has 0 bridgehead atoms. The molecule has 5 amide bonds. The maximum atomic E-state index is 14.3. The van der Waals surface area contributed by atoms with Gasteiger partial charge in [-0.3, -0.25) is 34.0 Å². The number of benzene rings is 1. The lowest BCUT2D eigenvalue weighted by Gasteiger charge is -2.33. The van der Waals surface area contributed by atoms with E-state index in [-0.39, 0.29) is 55.9 Å². The van der Waals surface area contributed by atoms with Crippen LogP contribution in [-0.2, 0) is 40.0 Å². The molecular formula is C43H68F3N11O10. The lowest BCUT2D eigenvalue weighted by molar-refractivity contribution is -0.192. The van der Waals surface area contributed by atoms with Crippen LogP contribution in [0.3, 0.4) is 0 Å². The number of halogens is 3. The number of carboxylic acid groups (broad SMARTS) is 2. The minimum atomic E-state index is -5.08. The minimum absolute atomic E-state index is 0.000623. The van der Waals surface area contributed by atoms with Crippen LogP contribution in [-0.4, -0.2) is 148 Å². The predicted molar refractivity (Wildman–Crippen MR) is 241 cm³/mol. The van der Waals surface area contributed by atoms with E-state index in [9.17, 15) is 52.2 Å². The Morgan fingerprint density at radius 2 is 1.46 bits per heavy atom. The highest BCUT2D eigenvalue weighted by Gasteiger charge is 2.41. The summed E-state index contributed by atoms with van der Waals surface area (Å²) in [7, 11) is 0. The first-order valence-corrected chi connectivity index (χ1v) is 22.0. The molecule has 24 heteroatoms. The number of likely N-dealkylation sites (tertiary alicyclic amines) is 1. The number of carbonyl (C=O) groups excluding carboxylic acids is 5. The first kappa shape index (κ1) is 56.8. The van der Waals surface area contributed by atoms with E-state index in [4.69, 9.17) is 27.1 Å². The van der Waals surface area contributed by atoms with Crippen molar-refractivity contribution in [1.82, 2.24) is 31.1 Å². The zero-order chi connectivity index (χ0) is 50.8. The number of hydrogen-bond acceptors (Lipinski definition) is 12. The quantitative estimate of drug-likeness (QED) is 0.0436. The lowest BCUT2D eigenvalue weighted by Crippen LogP contribution is -2.61. The van der Waals surface area contributed by atoms with Crippen molar-refractivity contribution in [3.05, 3.63) is 29.8 Å². The number of aliphatic imine (C=N–C) groups is 2. The van der Waals surface area contributed by atoms with Gasteiger partial charge in [-0.15, -0.1) is 0 Å². The fourth-order valence-corrected chi connectivity index (χ4v) is 7.23. The second-order valence-corrected chi connectivity index (χ2v) is 18.0. The molecular weight excluding hydrogens is 888 g/mol. The Hall–Kier alpha value is -6.36. The van der Waals surface area contributed by atoms with E-state index in [1.165, 1.54) is 17.0 Å². The van der Waals surface area contributed by atoms with E-state index >= 15 is 0 Å². The average molecular weight is 956 g/mol. The molecule has 376 valence electrons. The molecule has 1 saturated heterocycles. The van der Waals surface area contributed by atoms with Crippen molar-refractivity contribution >= 4 is 53.4 Å². The number of phenols is 1. The Labute approximate surface area is 387 Å². The number of carbonyl (C=O) groups is 7. The highest BCUT2D eigenvalue weighted by molar-refractivity contribution is 5.97. The van der Waals surface area contributed by atoms with E-state index in [1.54, 1.807) is 39.8 Å². The molecule has 67 heavy (non-hydrogen) atoms. The molecule has 0 aliphatic carbocycles. The summed E-state index contributed by atoms with van der Waals surface area (Å²) in [6, 6.07) is 0.472. The number of nitrogens with two attached hydrogens (primary N) is 3. The largest absolute Gasteiger partial charge is 0.508 e. The minimum Gasteiger partial charge on any atom is -0.508 e. The van der Waals surface area contributed by atoms with Gasteiger partial charge in [0.1, 0.15) is 36.0 Å². The number of hydrogen-bond donors (Lipinski definition) is 10. The van der Waals surface area contributed by atoms with Gasteiger partial charge in [0.2, 0.25) is 29.5 Å². The van der Waals surface area contributed by atoms with E-state index in [1.807, 2.05) is 18.7 Å². The van der Waals surface area contributed by atoms with Crippen LogP contribution in [0.1, 0.15) is 92.1 Å². The van der Waals surface area contributed by atoms with E-state index in [2.05, 4.69) is 31.3 Å². The molecule has 2 heterocycles. The van der Waals surface area contributed by atoms with E-state index in [0.29, 0.717) is 56.7 Å². The fourth-order valence-electron chi connectivity index (χ4n) is 7.23. The van der Waals surface area contributed by atoms with Crippen LogP contribution in [0.15, 0.2) is 34.3 Å². The summed E-state index contributed by atoms with van der Waals surface area (Å²) in [5.41, 5.74) is 16.6. The lowest BCUT2D eigenvalue weighted by atomic mass is 9.85. The normalized spacial score (nSPS) is 17.1. The number of aromatic hydroxyl groups is 1. The van der Waals surface area contributed by atoms with Crippen LogP contribution in [0.25, 0.3) is 0 Å². The molecule has 2 aliphatic heterocycles. The standard InChI is InChI=1S/C41H67N11O8.C2HF3O2/c1-24(2)22-30(38(59)60)49-36(57)32(41(4,5)6)50-34(55)29(23-26-13-15-27(53)16-14-26)48-35(56)31-12-9-20-52(31)37(58)28(11-7-17-45-39(42)43)47-33(54)25(3)10-8-19-51-21-18-46-40(51)44;3-2(4,5)1(6)7/h13-16,24-25,28-32,53H,7-12,17-23H2,1-6H3,(H2,44,46)(H,47,54)(H,48,56)(H,49,57)(H,50,55)(H,59,60)(H4,42,43,45);(H,6,7)/t25-,28-,29-,30-,31-,32+;/m0./s1. The fraction of sp³-hybridized carbons (Fsp3) is 0.651. The summed E-state index contributed by atoms with van der Waals surface area (Å²) < 4.78 is 31.7. The van der Waals surface area contributed by atoms with Gasteiger partial charge < -0.3 is 63.6 Å². The third-order valence-electron chi connectivity index (χ3n) is 10.9. The van der Waals surface area contributed by atoms with Crippen molar-refractivity contribution in [1.29, 1.82) is 0 Å². The number of carboxylic acids is 2. The molecule has 3 rings (SSSR count). The number of nitrogens with zero attached hydrogens (tertiary/aromatic N) is 4. The number of phenolic OH excluding ortho intramolecular Hbond substituents is 1. The first-order chi connectivity index (χ1) is 31.1. The summed E-state index contributed by atoms with van der Waals surface area (Å²) in [6.07, 6.45) is -2.39. The van der Waals surface area contributed by atoms with Crippen LogP contribution in [0.5, 0.6) is 5.75 Å². The molecule has 1 aromatic carbocycles. The van der Waals surface area contributed by atoms with Gasteiger partial charge in [0.25, 0.3) is 0 Å². The maximum Gasteiger partial charge on any atom is 0.490 e. The molecule has 1 aromatic rings. The highest BCUT2D eigenvalue weighted by Crippen LogP contribution is 2.23. The first-order valence-electron chi connectivity index (χ1n) is 22.0. The Morgan fingerprint density at radius 1 is 0.851 bits per heavy atom. The molecule has 0 unspecified atom stereocenters. The van der Waals surface area contributed by atoms with Crippen LogP contribution >= 0.6 is 0 Å². The van der Waals surface area contributed by atoms with Crippen molar-refractivity contribution < 1.29 is 62.1 Å². The van der Waals surface area contributed by atoms with Crippen LogP contribution in [0.2, 0.25) is 0 Å². The Morgan fingerprint density at radius 3 is 1.99 bits per heavy atom. The van der Waals surface area contributed by atoms with Crippen molar-refractivity contribution in [2.24, 2.45) is 44.4 Å². The molecule has 0 radical (unpaired) electrons. The van der Waals surface area contributed by atoms with Gasteiger partial charge in [-0.25, -0.2) is 9.59 Å². The SMILES string of the molecule is CC(C)C[C@H](NC(=O)[C@@H](NC(=O)[C@H](Cc1ccc(O)cc1)NC(=O)[C@@H]1CCCN1C(=O)[C@H](CCCN=C(N)N)NC(=O)[C@@H](C)CCCN1CCN=C1N)C(C)(C)C)C(=O)O.O=C(O)C(F)(F)F. The van der Waals surface area contributed by atoms with Gasteiger partial charge in [-0.2, -0.15) is 13.2 Å². The van der Waals surface area contributed by atoms with Crippen molar-refractivity contribution in [2.75, 3.05) is 32.7 Å². The monoisotopic (exact) mass is 956 g/mol. The molecule has 6 atom stereocenters. The van der Waals surface area contributed by atoms with Gasteiger partial charge in [0.15, 0.2) is 11.9 Å². The number of nitrogens with one attached hydrogen (secondary N) is 4. The number of guanidine groups is 2. The second kappa shape index (κ2) is 26.1. The topological polar surface area (TPSA) is 338 Å². The smallest absolute Gasteiger partial charge is 0.490 e. The van der Waals surface area contributed by atoms with Gasteiger partial charge in [0.05, 0.1) is 6.54 Å². The highest BCUT2D eigenvalue weighted by atomic mass is 19.4. The molecule has 1 fully saturated rings. The van der Waals surface area contributed by atoms with Crippen molar-refractivity contribution in [3.63, 3.8) is 0 Å². The Balaban J connectivity index is 0.00000203. The number of rotatable bonds is 22. The van der Waals surface area contributed by atoms with Crippen molar-refractivity contribution in [2.45, 2.75) is 129 Å². The maximum absolute atomic E-state index is 14.3. The second-order valence-electron chi connectivity index (χ2n) is 18.0. The van der Waals surface area contributed by atoms with E-state index in [0.717, 1.165) is 6.54 Å². The van der Waals surface area contributed by atoms with Crippen LogP contribution < -0.4 is 38.5 Å². The molecule has 0 saturated carbocycles. The van der Waals surface area contributed by atoms with Gasteiger partial charge in [-0.1, -0.05) is 53.7 Å². The summed E-state index contributed by atoms with van der Waals surface area (Å²) in [5, 5.41) is 37.8. The van der Waals surface area contributed by atoms with Gasteiger partial charge >= 0.3 is 18.1 Å². The number of aliphatic carboxylic acids is 2. The number of amides is 5. The zero-order valence-corrected chi connectivity index (χ0v) is 38.9. The third kappa shape index (κ3) is 19.6. The molecule has 21 nitrogen and oxygen atoms in total. The van der Waals surface area contributed by atoms with Crippen LogP contribution in [0, 0.1) is 17.3 Å². The molecule has 13 N–H and O–H groups in total. The predicted octanol–water partition coefficient (Wildman–Crippen LogP) is 0.775. The number of alkyl halides is 3. The Kier molecular flexibility index (Phi) is 22.1. The molecule has 0 spiro atoms. The molecule has 0 aromatic heterocycles. The zero-order valence-electron chi connectivity index (χ0n) is 38.9. The van der Waals surface area contributed by atoms with E-state index < -0.39 is 83.3 Å². The molecule has 2 aliphatic rings. The average Bonchev–Trinajstić information content (AvgIpc) is 3.89. The summed E-state index contributed by atoms with van der Waals surface area (Å²) in [5.74, 6) is -6.84. The Bertz CT molecular complexity index is 1920. The third-order valence-corrected chi connectivity index (χ3v) is 10.9.